The largest absolute Gasteiger partial charge is 0.432 e. The van der Waals surface area contributed by atoms with E-state index in [1.165, 1.54) is 6.26 Å². The van der Waals surface area contributed by atoms with Crippen LogP contribution in [0, 0.1) is 22.9 Å². The molecule has 0 spiro atoms. The highest BCUT2D eigenvalue weighted by atomic mass is 19.1. The van der Waals surface area contributed by atoms with E-state index in [1.54, 1.807) is 6.92 Å². The number of hydrogen-bond donors (Lipinski definition) is 2. The Morgan fingerprint density at radius 2 is 2.25 bits per heavy atom. The van der Waals surface area contributed by atoms with Crippen molar-refractivity contribution in [3.8, 4) is 0 Å². The van der Waals surface area contributed by atoms with E-state index < -0.39 is 22.3 Å². The van der Waals surface area contributed by atoms with Crippen LogP contribution in [0.1, 0.15) is 16.1 Å². The van der Waals surface area contributed by atoms with Crippen LogP contribution in [0.4, 0.5) is 21.8 Å². The highest BCUT2D eigenvalue weighted by Crippen LogP contribution is 2.25. The summed E-state index contributed by atoms with van der Waals surface area (Å²) < 4.78 is 18.1. The number of anilines is 2. The van der Waals surface area contributed by atoms with E-state index in [2.05, 4.69) is 10.3 Å². The van der Waals surface area contributed by atoms with Crippen molar-refractivity contribution in [1.29, 1.82) is 0 Å². The molecule has 1 aromatic carbocycles. The first-order valence-corrected chi connectivity index (χ1v) is 5.35. The van der Waals surface area contributed by atoms with Gasteiger partial charge in [0.15, 0.2) is 5.82 Å². The molecule has 1 aromatic heterocycles. The number of nitrogen functional groups attached to an aromatic ring is 1. The molecule has 0 aliphatic rings. The number of oxazole rings is 1. The fraction of sp³-hybridized carbons (Fsp3) is 0.0909. The minimum atomic E-state index is -0.972. The third-order valence-electron chi connectivity index (χ3n) is 2.40. The standard InChI is InChI=1S/C11H9FN4O4/c1-5-4-20-11(14-5)15-10(17)6-2-8(13)7(12)3-9(6)16(18)19/h2-4H,13H2,1H3,(H,14,15,17). The number of nitrogens with two attached hydrogens (primary N) is 1. The number of rotatable bonds is 3. The molecular formula is C11H9FN4O4. The molecule has 104 valence electrons. The van der Waals surface area contributed by atoms with Gasteiger partial charge in [0.05, 0.1) is 22.4 Å². The summed E-state index contributed by atoms with van der Waals surface area (Å²) in [5, 5.41) is 13.0. The molecule has 0 fully saturated rings. The Morgan fingerprint density at radius 1 is 1.55 bits per heavy atom. The SMILES string of the molecule is Cc1coc(NC(=O)c2cc(N)c(F)cc2[N+](=O)[O-])n1. The lowest BCUT2D eigenvalue weighted by atomic mass is 10.1. The molecule has 0 aliphatic heterocycles. The first-order chi connectivity index (χ1) is 9.38. The van der Waals surface area contributed by atoms with Gasteiger partial charge in [-0.15, -0.1) is 0 Å². The van der Waals surface area contributed by atoms with Crippen molar-refractivity contribution in [2.24, 2.45) is 0 Å². The molecule has 0 bridgehead atoms. The first-order valence-electron chi connectivity index (χ1n) is 5.35. The Hall–Kier alpha value is -2.97. The van der Waals surface area contributed by atoms with Crippen molar-refractivity contribution < 1.29 is 18.5 Å². The Morgan fingerprint density at radius 3 is 2.80 bits per heavy atom. The van der Waals surface area contributed by atoms with Crippen LogP contribution in [-0.2, 0) is 0 Å². The quantitative estimate of drug-likeness (QED) is 0.502. The molecule has 0 atom stereocenters. The third kappa shape index (κ3) is 2.55. The van der Waals surface area contributed by atoms with Crippen LogP contribution in [0.15, 0.2) is 22.8 Å². The van der Waals surface area contributed by atoms with E-state index in [0.717, 1.165) is 6.07 Å². The number of carbonyl (C=O) groups excluding carboxylic acids is 1. The van der Waals surface area contributed by atoms with Gasteiger partial charge in [-0.2, -0.15) is 4.98 Å². The molecular weight excluding hydrogens is 271 g/mol. The van der Waals surface area contributed by atoms with Gasteiger partial charge in [-0.1, -0.05) is 0 Å². The zero-order valence-electron chi connectivity index (χ0n) is 10.2. The Bertz CT molecular complexity index is 698. The van der Waals surface area contributed by atoms with Crippen molar-refractivity contribution >= 4 is 23.3 Å². The van der Waals surface area contributed by atoms with Crippen LogP contribution >= 0.6 is 0 Å². The predicted molar refractivity (Wildman–Crippen MR) is 66.7 cm³/mol. The number of nitrogens with one attached hydrogen (secondary N) is 1. The second-order valence-corrected chi connectivity index (χ2v) is 3.90. The van der Waals surface area contributed by atoms with Crippen LogP contribution in [0.5, 0.6) is 0 Å². The van der Waals surface area contributed by atoms with E-state index in [0.29, 0.717) is 11.8 Å². The summed E-state index contributed by atoms with van der Waals surface area (Å²) in [5.74, 6) is -1.84. The smallest absolute Gasteiger partial charge is 0.301 e. The van der Waals surface area contributed by atoms with Crippen molar-refractivity contribution in [1.82, 2.24) is 4.98 Å². The van der Waals surface area contributed by atoms with Crippen LogP contribution < -0.4 is 11.1 Å². The lowest BCUT2D eigenvalue weighted by molar-refractivity contribution is -0.385. The molecule has 8 nitrogen and oxygen atoms in total. The number of amides is 1. The zero-order valence-corrected chi connectivity index (χ0v) is 10.2. The highest BCUT2D eigenvalue weighted by molar-refractivity contribution is 6.06. The number of benzene rings is 1. The zero-order chi connectivity index (χ0) is 14.9. The summed E-state index contributed by atoms with van der Waals surface area (Å²) in [7, 11) is 0. The fourth-order valence-corrected chi connectivity index (χ4v) is 1.49. The summed E-state index contributed by atoms with van der Waals surface area (Å²) in [6.07, 6.45) is 1.29. The average Bonchev–Trinajstić information content (AvgIpc) is 2.77. The van der Waals surface area contributed by atoms with Gasteiger partial charge in [-0.3, -0.25) is 20.2 Å². The fourth-order valence-electron chi connectivity index (χ4n) is 1.49. The van der Waals surface area contributed by atoms with E-state index in [9.17, 15) is 19.3 Å². The number of nitro groups is 1. The second kappa shape index (κ2) is 4.96. The highest BCUT2D eigenvalue weighted by Gasteiger charge is 2.24. The molecule has 3 N–H and O–H groups in total. The van der Waals surface area contributed by atoms with Crippen molar-refractivity contribution in [2.75, 3.05) is 11.1 Å². The van der Waals surface area contributed by atoms with Gasteiger partial charge in [-0.05, 0) is 13.0 Å². The maximum Gasteiger partial charge on any atom is 0.301 e. The van der Waals surface area contributed by atoms with E-state index >= 15 is 0 Å². The van der Waals surface area contributed by atoms with E-state index in [1.807, 2.05) is 0 Å². The van der Waals surface area contributed by atoms with E-state index in [4.69, 9.17) is 10.2 Å². The number of nitrogens with zero attached hydrogens (tertiary/aromatic N) is 2. The Labute approximate surface area is 111 Å². The molecule has 0 radical (unpaired) electrons. The molecule has 9 heteroatoms. The minimum Gasteiger partial charge on any atom is -0.432 e. The number of halogens is 1. The molecule has 2 aromatic rings. The first kappa shape index (κ1) is 13.5. The van der Waals surface area contributed by atoms with Crippen LogP contribution in [-0.4, -0.2) is 15.8 Å². The third-order valence-corrected chi connectivity index (χ3v) is 2.40. The molecule has 20 heavy (non-hydrogen) atoms. The van der Waals surface area contributed by atoms with Crippen LogP contribution in [0.2, 0.25) is 0 Å². The lowest BCUT2D eigenvalue weighted by Gasteiger charge is -2.04. The summed E-state index contributed by atoms with van der Waals surface area (Å²) in [5.41, 5.74) is 4.38. The molecule has 0 saturated carbocycles. The van der Waals surface area contributed by atoms with Gasteiger partial charge in [0.2, 0.25) is 0 Å². The maximum absolute atomic E-state index is 13.2. The number of carbonyl (C=O) groups is 1. The van der Waals surface area contributed by atoms with Crippen LogP contribution in [0.3, 0.4) is 0 Å². The molecule has 2 rings (SSSR count). The topological polar surface area (TPSA) is 124 Å². The van der Waals surface area contributed by atoms with Gasteiger partial charge >= 0.3 is 6.01 Å². The van der Waals surface area contributed by atoms with E-state index in [-0.39, 0.29) is 17.3 Å². The lowest BCUT2D eigenvalue weighted by Crippen LogP contribution is -2.15. The number of hydrogen-bond acceptors (Lipinski definition) is 6. The van der Waals surface area contributed by atoms with Gasteiger partial charge in [0.1, 0.15) is 11.8 Å². The Kier molecular flexibility index (Phi) is 3.34. The molecule has 0 unspecified atom stereocenters. The predicted octanol–water partition coefficient (Wildman–Crippen LogP) is 1.86. The van der Waals surface area contributed by atoms with Crippen molar-refractivity contribution in [3.63, 3.8) is 0 Å². The Balaban J connectivity index is 2.38. The monoisotopic (exact) mass is 280 g/mol. The molecule has 0 saturated heterocycles. The normalized spacial score (nSPS) is 10.3. The molecule has 1 amide bonds. The van der Waals surface area contributed by atoms with Crippen molar-refractivity contribution in [2.45, 2.75) is 6.92 Å². The molecule has 1 heterocycles. The number of nitro benzene ring substituents is 1. The summed E-state index contributed by atoms with van der Waals surface area (Å²) in [4.78, 5) is 25.7. The number of aromatic nitrogens is 1. The van der Waals surface area contributed by atoms with Gasteiger partial charge in [0, 0.05) is 0 Å². The summed E-state index contributed by atoms with van der Waals surface area (Å²) >= 11 is 0. The van der Waals surface area contributed by atoms with Crippen LogP contribution in [0.25, 0.3) is 0 Å². The molecule has 0 aliphatic carbocycles. The summed E-state index contributed by atoms with van der Waals surface area (Å²) in [6, 6.07) is 1.36. The average molecular weight is 280 g/mol. The number of aryl methyl sites for hydroxylation is 1. The summed E-state index contributed by atoms with van der Waals surface area (Å²) in [6.45, 7) is 1.64. The van der Waals surface area contributed by atoms with Gasteiger partial charge in [-0.25, -0.2) is 4.39 Å². The van der Waals surface area contributed by atoms with Gasteiger partial charge in [0.25, 0.3) is 11.6 Å². The van der Waals surface area contributed by atoms with Gasteiger partial charge < -0.3 is 10.2 Å². The van der Waals surface area contributed by atoms with Crippen molar-refractivity contribution in [3.05, 3.63) is 45.6 Å². The maximum atomic E-state index is 13.2. The second-order valence-electron chi connectivity index (χ2n) is 3.90. The minimum absolute atomic E-state index is 0.121.